The summed E-state index contributed by atoms with van der Waals surface area (Å²) >= 11 is 0. The van der Waals surface area contributed by atoms with E-state index in [0.717, 1.165) is 44.9 Å². The summed E-state index contributed by atoms with van der Waals surface area (Å²) in [4.78, 5) is 42.0. The van der Waals surface area contributed by atoms with Crippen molar-refractivity contribution in [2.45, 2.75) is 111 Å². The van der Waals surface area contributed by atoms with Gasteiger partial charge in [-0.3, -0.25) is 19.2 Å². The second-order valence-corrected chi connectivity index (χ2v) is 7.41. The van der Waals surface area contributed by atoms with E-state index in [1.165, 1.54) is 46.8 Å². The van der Waals surface area contributed by atoms with Gasteiger partial charge < -0.3 is 24.4 Å². The van der Waals surface area contributed by atoms with E-state index in [2.05, 4.69) is 16.4 Å². The van der Waals surface area contributed by atoms with Gasteiger partial charge in [-0.25, -0.2) is 0 Å². The van der Waals surface area contributed by atoms with Gasteiger partial charge in [0.15, 0.2) is 0 Å². The maximum absolute atomic E-state index is 11.0. The zero-order valence-corrected chi connectivity index (χ0v) is 23.1. The molecule has 2 N–H and O–H groups in total. The monoisotopic (exact) mass is 508 g/mol. The molecule has 0 aliphatic rings. The Kier molecular flexibility index (Phi) is 42.0. The number of aliphatic hydroxyl groups is 2. The van der Waals surface area contributed by atoms with Crippen LogP contribution in [0, 0.1) is 0 Å². The molecule has 0 aromatic carbocycles. The van der Waals surface area contributed by atoms with Crippen LogP contribution >= 0.6 is 0 Å². The van der Waals surface area contributed by atoms with E-state index < -0.39 is 17.9 Å². The van der Waals surface area contributed by atoms with E-state index in [1.807, 2.05) is 13.8 Å². The SMILES string of the molecule is CC.CCCCCCCCOC(=O)CC(=O)OC.COC(=O)CC(C)=O.OCCCCCCCO. The van der Waals surface area contributed by atoms with Crippen molar-refractivity contribution >= 4 is 23.7 Å². The first-order chi connectivity index (χ1) is 16.8. The van der Waals surface area contributed by atoms with E-state index >= 15 is 0 Å². The van der Waals surface area contributed by atoms with Gasteiger partial charge in [0.05, 0.1) is 20.8 Å². The normalized spacial score (nSPS) is 9.14. The Labute approximate surface area is 212 Å². The molecule has 0 spiro atoms. The molecule has 9 heteroatoms. The molecule has 0 amide bonds. The van der Waals surface area contributed by atoms with Gasteiger partial charge in [0, 0.05) is 13.2 Å². The van der Waals surface area contributed by atoms with E-state index in [0.29, 0.717) is 19.8 Å². The van der Waals surface area contributed by atoms with Gasteiger partial charge in [0.1, 0.15) is 18.6 Å². The molecule has 0 aromatic heterocycles. The van der Waals surface area contributed by atoms with Crippen molar-refractivity contribution in [1.29, 1.82) is 0 Å². The summed E-state index contributed by atoms with van der Waals surface area (Å²) in [6.45, 7) is 8.53. The molecule has 0 rings (SSSR count). The number of rotatable bonds is 17. The highest BCUT2D eigenvalue weighted by molar-refractivity contribution is 5.94. The van der Waals surface area contributed by atoms with Crippen LogP contribution in [0.5, 0.6) is 0 Å². The molecule has 0 aliphatic carbocycles. The zero-order valence-electron chi connectivity index (χ0n) is 23.1. The van der Waals surface area contributed by atoms with Crippen LogP contribution in [0.15, 0.2) is 0 Å². The molecule has 0 saturated carbocycles. The lowest BCUT2D eigenvalue weighted by atomic mass is 10.1. The molecular formula is C26H52O9. The van der Waals surface area contributed by atoms with E-state index in [9.17, 15) is 19.2 Å². The van der Waals surface area contributed by atoms with Crippen LogP contribution < -0.4 is 0 Å². The largest absolute Gasteiger partial charge is 0.469 e. The fraction of sp³-hybridized carbons (Fsp3) is 0.846. The Morgan fingerprint density at radius 1 is 0.600 bits per heavy atom. The average Bonchev–Trinajstić information content (AvgIpc) is 2.85. The van der Waals surface area contributed by atoms with Gasteiger partial charge in [-0.05, 0) is 26.2 Å². The number of aliphatic hydroxyl groups excluding tert-OH is 2. The van der Waals surface area contributed by atoms with E-state index in [-0.39, 0.29) is 18.6 Å². The molecule has 0 aliphatic heterocycles. The Balaban J connectivity index is -0.000000215. The molecule has 0 atom stereocenters. The number of ketones is 1. The van der Waals surface area contributed by atoms with Crippen LogP contribution in [0.1, 0.15) is 111 Å². The summed E-state index contributed by atoms with van der Waals surface area (Å²) in [6.07, 6.45) is 11.6. The molecule has 0 unspecified atom stereocenters. The zero-order chi connectivity index (χ0) is 27.7. The molecular weight excluding hydrogens is 456 g/mol. The fourth-order valence-corrected chi connectivity index (χ4v) is 2.34. The first-order valence-electron chi connectivity index (χ1n) is 12.8. The third kappa shape index (κ3) is 46.1. The van der Waals surface area contributed by atoms with Crippen LogP contribution in [0.25, 0.3) is 0 Å². The predicted octanol–water partition coefficient (Wildman–Crippen LogP) is 4.54. The number of unbranched alkanes of at least 4 members (excludes halogenated alkanes) is 9. The van der Waals surface area contributed by atoms with Gasteiger partial charge in [0.25, 0.3) is 0 Å². The second-order valence-electron chi connectivity index (χ2n) is 7.41. The smallest absolute Gasteiger partial charge is 0.317 e. The third-order valence-corrected chi connectivity index (χ3v) is 4.21. The number of esters is 3. The maximum Gasteiger partial charge on any atom is 0.317 e. The van der Waals surface area contributed by atoms with Crippen LogP contribution in [0.4, 0.5) is 0 Å². The molecule has 9 nitrogen and oxygen atoms in total. The van der Waals surface area contributed by atoms with Crippen molar-refractivity contribution in [3.8, 4) is 0 Å². The number of carbonyl (C=O) groups is 4. The van der Waals surface area contributed by atoms with Crippen molar-refractivity contribution in [3.05, 3.63) is 0 Å². The van der Waals surface area contributed by atoms with Crippen LogP contribution in [0.2, 0.25) is 0 Å². The predicted molar refractivity (Wildman–Crippen MR) is 137 cm³/mol. The number of hydrogen-bond acceptors (Lipinski definition) is 9. The van der Waals surface area contributed by atoms with E-state index in [1.54, 1.807) is 0 Å². The summed E-state index contributed by atoms with van der Waals surface area (Å²) in [5.41, 5.74) is 0. The first-order valence-corrected chi connectivity index (χ1v) is 12.8. The lowest BCUT2D eigenvalue weighted by Gasteiger charge is -2.03. The molecule has 0 heterocycles. The fourth-order valence-electron chi connectivity index (χ4n) is 2.34. The standard InChI is InChI=1S/C12H22O4.C7H16O2.C5H8O3.C2H6/c1-3-4-5-6-7-8-9-16-12(14)10-11(13)15-2;8-6-4-2-1-3-5-7-9;1-4(6)3-5(7)8-2;1-2/h3-10H2,1-2H3;8-9H,1-7H2;3H2,1-2H3;1-2H3. The Bertz CT molecular complexity index is 473. The highest BCUT2D eigenvalue weighted by Gasteiger charge is 2.09. The molecule has 0 bridgehead atoms. The van der Waals surface area contributed by atoms with Gasteiger partial charge in [-0.1, -0.05) is 72.1 Å². The molecule has 0 aromatic rings. The summed E-state index contributed by atoms with van der Waals surface area (Å²) in [5.74, 6) is -1.69. The Morgan fingerprint density at radius 2 is 1.00 bits per heavy atom. The summed E-state index contributed by atoms with van der Waals surface area (Å²) < 4.78 is 13.4. The van der Waals surface area contributed by atoms with Crippen LogP contribution in [-0.2, 0) is 33.4 Å². The van der Waals surface area contributed by atoms with Gasteiger partial charge in [-0.2, -0.15) is 0 Å². The highest BCUT2D eigenvalue weighted by atomic mass is 16.5. The van der Waals surface area contributed by atoms with Gasteiger partial charge in [0.2, 0.25) is 0 Å². The molecule has 0 radical (unpaired) electrons. The van der Waals surface area contributed by atoms with Crippen molar-refractivity contribution in [2.75, 3.05) is 34.0 Å². The molecule has 210 valence electrons. The number of ether oxygens (including phenoxy) is 3. The topological polar surface area (TPSA) is 136 Å². The van der Waals surface area contributed by atoms with Crippen molar-refractivity contribution in [1.82, 2.24) is 0 Å². The average molecular weight is 509 g/mol. The number of Topliss-reactive ketones (excluding diaryl/α,β-unsaturated/α-hetero) is 1. The summed E-state index contributed by atoms with van der Waals surface area (Å²) in [6, 6.07) is 0. The minimum Gasteiger partial charge on any atom is -0.469 e. The molecule has 0 fully saturated rings. The van der Waals surface area contributed by atoms with Crippen molar-refractivity contribution < 1.29 is 43.6 Å². The summed E-state index contributed by atoms with van der Waals surface area (Å²) in [5, 5.41) is 16.7. The molecule has 0 saturated heterocycles. The highest BCUT2D eigenvalue weighted by Crippen LogP contribution is 2.05. The van der Waals surface area contributed by atoms with Crippen LogP contribution in [-0.4, -0.2) is 67.9 Å². The summed E-state index contributed by atoms with van der Waals surface area (Å²) in [7, 11) is 2.51. The lowest BCUT2D eigenvalue weighted by molar-refractivity contribution is -0.153. The third-order valence-electron chi connectivity index (χ3n) is 4.21. The Hall–Kier alpha value is -2.00. The maximum atomic E-state index is 11.0. The Morgan fingerprint density at radius 3 is 1.37 bits per heavy atom. The number of hydrogen-bond donors (Lipinski definition) is 2. The van der Waals surface area contributed by atoms with Crippen molar-refractivity contribution in [2.24, 2.45) is 0 Å². The quantitative estimate of drug-likeness (QED) is 0.125. The minimum absolute atomic E-state index is 0.115. The number of carbonyl (C=O) groups excluding carboxylic acids is 4. The lowest BCUT2D eigenvalue weighted by Crippen LogP contribution is -2.12. The minimum atomic E-state index is -0.548. The van der Waals surface area contributed by atoms with Crippen LogP contribution in [0.3, 0.4) is 0 Å². The first kappa shape index (κ1) is 40.2. The van der Waals surface area contributed by atoms with Gasteiger partial charge in [-0.15, -0.1) is 0 Å². The molecule has 35 heavy (non-hydrogen) atoms. The van der Waals surface area contributed by atoms with Crippen molar-refractivity contribution in [3.63, 3.8) is 0 Å². The second kappa shape index (κ2) is 36.6. The van der Waals surface area contributed by atoms with E-state index in [4.69, 9.17) is 14.9 Å². The van der Waals surface area contributed by atoms with Gasteiger partial charge >= 0.3 is 17.9 Å². The number of methoxy groups -OCH3 is 2.